The molecule has 74 valence electrons. The van der Waals surface area contributed by atoms with Crippen LogP contribution in [-0.4, -0.2) is 0 Å². The molecule has 1 aromatic carbocycles. The van der Waals surface area contributed by atoms with Crippen LogP contribution in [0, 0.1) is 17.1 Å². The lowest BCUT2D eigenvalue weighted by Gasteiger charge is -2.07. The summed E-state index contributed by atoms with van der Waals surface area (Å²) < 4.78 is 49.0. The van der Waals surface area contributed by atoms with Crippen molar-refractivity contribution in [2.45, 2.75) is 12.6 Å². The second kappa shape index (κ2) is 3.66. The van der Waals surface area contributed by atoms with Crippen molar-refractivity contribution in [3.05, 3.63) is 35.1 Å². The van der Waals surface area contributed by atoms with Crippen LogP contribution < -0.4 is 0 Å². The van der Waals surface area contributed by atoms with Crippen molar-refractivity contribution in [3.63, 3.8) is 0 Å². The Morgan fingerprint density at radius 3 is 2.36 bits per heavy atom. The van der Waals surface area contributed by atoms with E-state index in [1.807, 2.05) is 0 Å². The van der Waals surface area contributed by atoms with E-state index in [1.165, 1.54) is 0 Å². The molecule has 1 aromatic rings. The Hall–Kier alpha value is -1.57. The Morgan fingerprint density at radius 2 is 1.93 bits per heavy atom. The van der Waals surface area contributed by atoms with Crippen LogP contribution in [0.4, 0.5) is 17.6 Å². The van der Waals surface area contributed by atoms with E-state index in [9.17, 15) is 17.6 Å². The molecule has 0 saturated carbocycles. The minimum absolute atomic E-state index is 0.102. The third-order valence-corrected chi connectivity index (χ3v) is 1.62. The third kappa shape index (κ3) is 2.22. The van der Waals surface area contributed by atoms with Crippen LogP contribution in [0.2, 0.25) is 0 Å². The van der Waals surface area contributed by atoms with Crippen LogP contribution in [0.5, 0.6) is 0 Å². The van der Waals surface area contributed by atoms with E-state index in [0.717, 1.165) is 12.1 Å². The summed E-state index contributed by atoms with van der Waals surface area (Å²) in [6.45, 7) is 0. The standard InChI is InChI=1S/C9H5F4N/c10-8-5-6(3-4-14)1-2-7(8)9(11,12)13/h1-2,5H,3H2. The van der Waals surface area contributed by atoms with Gasteiger partial charge in [-0.2, -0.15) is 18.4 Å². The zero-order valence-corrected chi connectivity index (χ0v) is 6.90. The van der Waals surface area contributed by atoms with Gasteiger partial charge in [-0.05, 0) is 17.7 Å². The van der Waals surface area contributed by atoms with Crippen LogP contribution in [0.15, 0.2) is 18.2 Å². The predicted octanol–water partition coefficient (Wildman–Crippen LogP) is 2.91. The number of rotatable bonds is 1. The molecule has 0 aliphatic carbocycles. The molecule has 0 aliphatic rings. The SMILES string of the molecule is N#CCc1ccc(C(F)(F)F)c(F)c1. The molecule has 14 heavy (non-hydrogen) atoms. The number of halogens is 4. The number of alkyl halides is 3. The molecule has 0 saturated heterocycles. The smallest absolute Gasteiger partial charge is 0.206 e. The lowest BCUT2D eigenvalue weighted by Crippen LogP contribution is -2.08. The normalized spacial score (nSPS) is 11.1. The van der Waals surface area contributed by atoms with Gasteiger partial charge < -0.3 is 0 Å². The van der Waals surface area contributed by atoms with Gasteiger partial charge in [0.25, 0.3) is 0 Å². The molecule has 0 aliphatic heterocycles. The molecule has 0 unspecified atom stereocenters. The van der Waals surface area contributed by atoms with Crippen molar-refractivity contribution in [2.75, 3.05) is 0 Å². The van der Waals surface area contributed by atoms with Crippen molar-refractivity contribution in [3.8, 4) is 6.07 Å². The highest BCUT2D eigenvalue weighted by Crippen LogP contribution is 2.31. The van der Waals surface area contributed by atoms with Gasteiger partial charge in [-0.1, -0.05) is 6.07 Å². The lowest BCUT2D eigenvalue weighted by atomic mass is 10.1. The Labute approximate surface area is 77.6 Å². The van der Waals surface area contributed by atoms with Crippen molar-refractivity contribution in [1.82, 2.24) is 0 Å². The molecule has 0 heterocycles. The first-order valence-electron chi connectivity index (χ1n) is 3.67. The van der Waals surface area contributed by atoms with Gasteiger partial charge in [0.15, 0.2) is 0 Å². The van der Waals surface area contributed by atoms with Crippen LogP contribution in [-0.2, 0) is 12.6 Å². The van der Waals surface area contributed by atoms with Crippen LogP contribution in [0.3, 0.4) is 0 Å². The second-order valence-electron chi connectivity index (χ2n) is 2.65. The summed E-state index contributed by atoms with van der Waals surface area (Å²) >= 11 is 0. The van der Waals surface area contributed by atoms with E-state index in [4.69, 9.17) is 5.26 Å². The minimum atomic E-state index is -4.69. The number of benzene rings is 1. The van der Waals surface area contributed by atoms with Gasteiger partial charge in [-0.3, -0.25) is 0 Å². The summed E-state index contributed by atoms with van der Waals surface area (Å²) in [5.74, 6) is -1.34. The molecular weight excluding hydrogens is 198 g/mol. The van der Waals surface area contributed by atoms with Gasteiger partial charge in [0, 0.05) is 0 Å². The van der Waals surface area contributed by atoms with Gasteiger partial charge >= 0.3 is 6.18 Å². The largest absolute Gasteiger partial charge is 0.419 e. The fourth-order valence-electron chi connectivity index (χ4n) is 0.990. The molecule has 0 aromatic heterocycles. The van der Waals surface area contributed by atoms with Gasteiger partial charge in [0.05, 0.1) is 18.1 Å². The molecule has 0 N–H and O–H groups in total. The Balaban J connectivity index is 3.09. The number of nitrogens with zero attached hydrogens (tertiary/aromatic N) is 1. The zero-order valence-electron chi connectivity index (χ0n) is 6.90. The molecule has 0 atom stereocenters. The van der Waals surface area contributed by atoms with E-state index in [2.05, 4.69) is 0 Å². The molecule has 0 fully saturated rings. The molecule has 1 nitrogen and oxygen atoms in total. The highest BCUT2D eigenvalue weighted by Gasteiger charge is 2.33. The van der Waals surface area contributed by atoms with Crippen molar-refractivity contribution >= 4 is 0 Å². The first-order chi connectivity index (χ1) is 6.45. The Morgan fingerprint density at radius 1 is 1.29 bits per heavy atom. The quantitative estimate of drug-likeness (QED) is 0.644. The Kier molecular flexibility index (Phi) is 2.75. The number of hydrogen-bond acceptors (Lipinski definition) is 1. The fraction of sp³-hybridized carbons (Fsp3) is 0.222. The minimum Gasteiger partial charge on any atom is -0.206 e. The highest BCUT2D eigenvalue weighted by atomic mass is 19.4. The summed E-state index contributed by atoms with van der Waals surface area (Å²) in [5.41, 5.74) is -1.07. The molecule has 1 rings (SSSR count). The number of hydrogen-bond donors (Lipinski definition) is 0. The molecule has 0 spiro atoms. The maximum atomic E-state index is 12.8. The molecule has 0 amide bonds. The van der Waals surface area contributed by atoms with Crippen molar-refractivity contribution in [2.24, 2.45) is 0 Å². The van der Waals surface area contributed by atoms with Gasteiger partial charge in [-0.25, -0.2) is 4.39 Å². The average Bonchev–Trinajstić information content (AvgIpc) is 2.02. The van der Waals surface area contributed by atoms with Crippen LogP contribution in [0.1, 0.15) is 11.1 Å². The monoisotopic (exact) mass is 203 g/mol. The zero-order chi connectivity index (χ0) is 10.8. The summed E-state index contributed by atoms with van der Waals surface area (Å²) in [6.07, 6.45) is -4.79. The summed E-state index contributed by atoms with van der Waals surface area (Å²) in [6, 6.07) is 4.18. The topological polar surface area (TPSA) is 23.8 Å². The van der Waals surface area contributed by atoms with Crippen LogP contribution in [0.25, 0.3) is 0 Å². The van der Waals surface area contributed by atoms with Gasteiger partial charge in [0.2, 0.25) is 0 Å². The summed E-state index contributed by atoms with van der Waals surface area (Å²) in [4.78, 5) is 0. The van der Waals surface area contributed by atoms with Gasteiger partial charge in [-0.15, -0.1) is 0 Å². The summed E-state index contributed by atoms with van der Waals surface area (Å²) in [5, 5.41) is 8.25. The van der Waals surface area contributed by atoms with Crippen molar-refractivity contribution in [1.29, 1.82) is 5.26 Å². The molecule has 0 radical (unpaired) electrons. The highest BCUT2D eigenvalue weighted by molar-refractivity contribution is 5.27. The third-order valence-electron chi connectivity index (χ3n) is 1.62. The Bertz CT molecular complexity index is 375. The van der Waals surface area contributed by atoms with E-state index < -0.39 is 17.6 Å². The molecule has 0 bridgehead atoms. The lowest BCUT2D eigenvalue weighted by molar-refractivity contribution is -0.140. The second-order valence-corrected chi connectivity index (χ2v) is 2.65. The maximum Gasteiger partial charge on any atom is 0.419 e. The van der Waals surface area contributed by atoms with E-state index in [-0.39, 0.29) is 12.0 Å². The van der Waals surface area contributed by atoms with Gasteiger partial charge in [0.1, 0.15) is 5.82 Å². The predicted molar refractivity (Wildman–Crippen MR) is 40.7 cm³/mol. The maximum absolute atomic E-state index is 12.8. The number of nitriles is 1. The van der Waals surface area contributed by atoms with Crippen molar-refractivity contribution < 1.29 is 17.6 Å². The van der Waals surface area contributed by atoms with E-state index in [1.54, 1.807) is 6.07 Å². The molecule has 5 heteroatoms. The fourth-order valence-corrected chi connectivity index (χ4v) is 0.990. The first-order valence-corrected chi connectivity index (χ1v) is 3.67. The van der Waals surface area contributed by atoms with Crippen LogP contribution >= 0.6 is 0 Å². The van der Waals surface area contributed by atoms with E-state index >= 15 is 0 Å². The molecular formula is C9H5F4N. The summed E-state index contributed by atoms with van der Waals surface area (Å²) in [7, 11) is 0. The first kappa shape index (κ1) is 10.5. The van der Waals surface area contributed by atoms with E-state index in [0.29, 0.717) is 6.07 Å². The average molecular weight is 203 g/mol.